The Bertz CT molecular complexity index is 1120. The van der Waals surface area contributed by atoms with Gasteiger partial charge in [-0.3, -0.25) is 14.9 Å². The second kappa shape index (κ2) is 8.19. The van der Waals surface area contributed by atoms with Gasteiger partial charge in [0, 0.05) is 35.7 Å². The van der Waals surface area contributed by atoms with Gasteiger partial charge in [-0.1, -0.05) is 12.1 Å². The molecule has 154 valence electrons. The third-order valence-electron chi connectivity index (χ3n) is 4.72. The van der Waals surface area contributed by atoms with Gasteiger partial charge < -0.3 is 9.64 Å². The minimum atomic E-state index is -2.94. The van der Waals surface area contributed by atoms with Gasteiger partial charge in [0.05, 0.1) is 5.69 Å². The van der Waals surface area contributed by atoms with Gasteiger partial charge in [-0.15, -0.1) is 11.3 Å². The number of alkyl halides is 2. The topological polar surface area (TPSA) is 71.5 Å². The first-order chi connectivity index (χ1) is 14.4. The molecule has 30 heavy (non-hydrogen) atoms. The highest BCUT2D eigenvalue weighted by Crippen LogP contribution is 2.33. The fourth-order valence-corrected chi connectivity index (χ4v) is 4.08. The van der Waals surface area contributed by atoms with E-state index in [1.165, 1.54) is 24.3 Å². The van der Waals surface area contributed by atoms with E-state index in [9.17, 15) is 18.4 Å². The monoisotopic (exact) mass is 429 g/mol. The summed E-state index contributed by atoms with van der Waals surface area (Å²) in [5, 5.41) is 4.74. The summed E-state index contributed by atoms with van der Waals surface area (Å²) < 4.78 is 29.8. The van der Waals surface area contributed by atoms with Crippen LogP contribution < -0.4 is 15.0 Å². The maximum Gasteiger partial charge on any atom is 0.387 e. The minimum absolute atomic E-state index is 0.0179. The number of fused-ring (bicyclic) bond motifs is 1. The van der Waals surface area contributed by atoms with Crippen LogP contribution in [0.4, 0.5) is 19.6 Å². The highest BCUT2D eigenvalue weighted by molar-refractivity contribution is 7.14. The lowest BCUT2D eigenvalue weighted by Crippen LogP contribution is -2.25. The number of amides is 2. The average Bonchev–Trinajstić information content (AvgIpc) is 3.34. The van der Waals surface area contributed by atoms with Crippen LogP contribution in [-0.4, -0.2) is 30.0 Å². The molecule has 0 saturated carbocycles. The van der Waals surface area contributed by atoms with Crippen LogP contribution in [0.2, 0.25) is 0 Å². The van der Waals surface area contributed by atoms with Crippen molar-refractivity contribution in [1.29, 1.82) is 0 Å². The number of carbonyl (C=O) groups is 2. The molecule has 3 aromatic rings. The van der Waals surface area contributed by atoms with Crippen LogP contribution in [0.25, 0.3) is 11.3 Å². The lowest BCUT2D eigenvalue weighted by atomic mass is 10.1. The third-order valence-corrected chi connectivity index (χ3v) is 5.48. The van der Waals surface area contributed by atoms with Crippen LogP contribution >= 0.6 is 11.3 Å². The third kappa shape index (κ3) is 4.02. The van der Waals surface area contributed by atoms with Gasteiger partial charge in [0.25, 0.3) is 5.91 Å². The molecule has 4 rings (SSSR count). The first kappa shape index (κ1) is 20.0. The van der Waals surface area contributed by atoms with Crippen molar-refractivity contribution in [3.8, 4) is 17.0 Å². The van der Waals surface area contributed by atoms with E-state index in [1.807, 2.05) is 0 Å². The van der Waals surface area contributed by atoms with Crippen LogP contribution in [0, 0.1) is 0 Å². The molecular formula is C21H17F2N3O3S. The molecule has 1 aliphatic rings. The Morgan fingerprint density at radius 1 is 1.23 bits per heavy atom. The van der Waals surface area contributed by atoms with E-state index in [0.717, 1.165) is 11.3 Å². The van der Waals surface area contributed by atoms with Gasteiger partial charge in [0.1, 0.15) is 5.75 Å². The Morgan fingerprint density at radius 3 is 2.80 bits per heavy atom. The van der Waals surface area contributed by atoms with Crippen molar-refractivity contribution < 1.29 is 23.1 Å². The molecule has 2 amide bonds. The summed E-state index contributed by atoms with van der Waals surface area (Å²) in [4.78, 5) is 30.3. The summed E-state index contributed by atoms with van der Waals surface area (Å²) in [6, 6.07) is 11.6. The summed E-state index contributed by atoms with van der Waals surface area (Å²) in [6.45, 7) is -0.825. The van der Waals surface area contributed by atoms with Crippen molar-refractivity contribution in [3.05, 3.63) is 59.0 Å². The Morgan fingerprint density at radius 2 is 2.03 bits per heavy atom. The SMILES string of the molecule is CC(=O)N1CCc2cc(C(=O)Nc3nc(-c4ccccc4OC(F)F)cs3)ccc21. The molecule has 0 atom stereocenters. The van der Waals surface area contributed by atoms with Crippen LogP contribution in [0.5, 0.6) is 5.75 Å². The summed E-state index contributed by atoms with van der Waals surface area (Å²) >= 11 is 1.19. The number of benzene rings is 2. The predicted octanol–water partition coefficient (Wildman–Crippen LogP) is 4.57. The zero-order valence-electron chi connectivity index (χ0n) is 15.9. The second-order valence-corrected chi connectivity index (χ2v) is 7.49. The number of nitrogens with one attached hydrogen (secondary N) is 1. The molecule has 1 N–H and O–H groups in total. The normalized spacial score (nSPS) is 12.7. The number of anilines is 2. The fourth-order valence-electron chi connectivity index (χ4n) is 3.37. The second-order valence-electron chi connectivity index (χ2n) is 6.63. The highest BCUT2D eigenvalue weighted by Gasteiger charge is 2.23. The highest BCUT2D eigenvalue weighted by atomic mass is 32.1. The van der Waals surface area contributed by atoms with Crippen molar-refractivity contribution in [2.24, 2.45) is 0 Å². The number of thiazole rings is 1. The first-order valence-electron chi connectivity index (χ1n) is 9.14. The molecule has 2 aromatic carbocycles. The predicted molar refractivity (Wildman–Crippen MR) is 110 cm³/mol. The van der Waals surface area contributed by atoms with Gasteiger partial charge in [-0.25, -0.2) is 4.98 Å². The van der Waals surface area contributed by atoms with Crippen LogP contribution in [0.15, 0.2) is 47.8 Å². The van der Waals surface area contributed by atoms with Crippen LogP contribution in [0.1, 0.15) is 22.8 Å². The quantitative estimate of drug-likeness (QED) is 0.645. The van der Waals surface area contributed by atoms with Crippen molar-refractivity contribution in [1.82, 2.24) is 4.98 Å². The number of ether oxygens (including phenoxy) is 1. The number of hydrogen-bond donors (Lipinski definition) is 1. The molecule has 0 radical (unpaired) electrons. The van der Waals surface area contributed by atoms with E-state index in [1.54, 1.807) is 46.7 Å². The zero-order chi connectivity index (χ0) is 21.3. The van der Waals surface area contributed by atoms with Crippen LogP contribution in [-0.2, 0) is 11.2 Å². The number of halogens is 2. The van der Waals surface area contributed by atoms with Crippen molar-refractivity contribution in [2.45, 2.75) is 20.0 Å². The number of nitrogens with zero attached hydrogens (tertiary/aromatic N) is 2. The van der Waals surface area contributed by atoms with Crippen molar-refractivity contribution in [2.75, 3.05) is 16.8 Å². The molecule has 2 heterocycles. The molecule has 0 fully saturated rings. The lowest BCUT2D eigenvalue weighted by molar-refractivity contribution is -0.116. The van der Waals surface area contributed by atoms with E-state index < -0.39 is 6.61 Å². The van der Waals surface area contributed by atoms with Gasteiger partial charge in [0.15, 0.2) is 5.13 Å². The maximum absolute atomic E-state index is 12.6. The fraction of sp³-hybridized carbons (Fsp3) is 0.190. The number of carbonyl (C=O) groups excluding carboxylic acids is 2. The van der Waals surface area contributed by atoms with E-state index in [4.69, 9.17) is 0 Å². The van der Waals surface area contributed by atoms with Crippen molar-refractivity contribution in [3.63, 3.8) is 0 Å². The number of hydrogen-bond acceptors (Lipinski definition) is 5. The molecule has 0 spiro atoms. The number of para-hydroxylation sites is 1. The van der Waals surface area contributed by atoms with E-state index in [2.05, 4.69) is 15.0 Å². The Labute approximate surface area is 175 Å². The Kier molecular flexibility index (Phi) is 5.45. The molecule has 9 heteroatoms. The van der Waals surface area contributed by atoms with Gasteiger partial charge in [-0.2, -0.15) is 8.78 Å². The zero-order valence-corrected chi connectivity index (χ0v) is 16.7. The standard InChI is InChI=1S/C21H17F2N3O3S/c1-12(27)26-9-8-13-10-14(6-7-17(13)26)19(28)25-21-24-16(11-30-21)15-4-2-3-5-18(15)29-20(22)23/h2-7,10-11,20H,8-9H2,1H3,(H,24,25,28). The van der Waals surface area contributed by atoms with Gasteiger partial charge in [-0.05, 0) is 42.3 Å². The molecule has 0 saturated heterocycles. The summed E-state index contributed by atoms with van der Waals surface area (Å²) in [7, 11) is 0. The molecule has 1 aromatic heterocycles. The Hall–Kier alpha value is -3.33. The van der Waals surface area contributed by atoms with Crippen LogP contribution in [0.3, 0.4) is 0 Å². The number of rotatable bonds is 5. The van der Waals surface area contributed by atoms with Gasteiger partial charge >= 0.3 is 6.61 Å². The first-order valence-corrected chi connectivity index (χ1v) is 10.0. The largest absolute Gasteiger partial charge is 0.434 e. The lowest BCUT2D eigenvalue weighted by Gasteiger charge is -2.14. The smallest absolute Gasteiger partial charge is 0.387 e. The van der Waals surface area contributed by atoms with E-state index in [-0.39, 0.29) is 17.6 Å². The van der Waals surface area contributed by atoms with E-state index >= 15 is 0 Å². The molecule has 0 bridgehead atoms. The molecule has 0 aliphatic carbocycles. The minimum Gasteiger partial charge on any atom is -0.434 e. The molecular weight excluding hydrogens is 412 g/mol. The summed E-state index contributed by atoms with van der Waals surface area (Å²) in [5.41, 5.74) is 3.06. The molecule has 6 nitrogen and oxygen atoms in total. The number of aromatic nitrogens is 1. The van der Waals surface area contributed by atoms with Gasteiger partial charge in [0.2, 0.25) is 5.91 Å². The average molecular weight is 429 g/mol. The molecule has 1 aliphatic heterocycles. The molecule has 0 unspecified atom stereocenters. The summed E-state index contributed by atoms with van der Waals surface area (Å²) in [5.74, 6) is -0.348. The van der Waals surface area contributed by atoms with Crippen molar-refractivity contribution >= 4 is 34.0 Å². The maximum atomic E-state index is 12.6. The summed E-state index contributed by atoms with van der Waals surface area (Å²) in [6.07, 6.45) is 0.693. The van der Waals surface area contributed by atoms with E-state index in [0.29, 0.717) is 34.9 Å². The Balaban J connectivity index is 1.51.